The fourth-order valence-corrected chi connectivity index (χ4v) is 1.60. The van der Waals surface area contributed by atoms with E-state index < -0.39 is 5.97 Å². The van der Waals surface area contributed by atoms with Crippen molar-refractivity contribution < 1.29 is 18.7 Å². The predicted molar refractivity (Wildman–Crippen MR) is 72.8 cm³/mol. The SMILES string of the molecule is COC(=O)CCC(=O)NCc1nnc(-c2ccccc2)o1. The lowest BCUT2D eigenvalue weighted by molar-refractivity contribution is -0.142. The second kappa shape index (κ2) is 7.18. The highest BCUT2D eigenvalue weighted by Gasteiger charge is 2.10. The fraction of sp³-hybridized carbons (Fsp3) is 0.286. The summed E-state index contributed by atoms with van der Waals surface area (Å²) in [7, 11) is 1.28. The van der Waals surface area contributed by atoms with Crippen molar-refractivity contribution in [2.75, 3.05) is 7.11 Å². The molecule has 1 heterocycles. The van der Waals surface area contributed by atoms with E-state index in [2.05, 4.69) is 20.3 Å². The molecule has 7 heteroatoms. The molecular weight excluding hydrogens is 274 g/mol. The van der Waals surface area contributed by atoms with Gasteiger partial charge in [-0.3, -0.25) is 9.59 Å². The molecule has 21 heavy (non-hydrogen) atoms. The van der Waals surface area contributed by atoms with Gasteiger partial charge in [0.15, 0.2) is 0 Å². The molecule has 1 N–H and O–H groups in total. The smallest absolute Gasteiger partial charge is 0.306 e. The number of ether oxygens (including phenoxy) is 1. The van der Waals surface area contributed by atoms with Crippen molar-refractivity contribution in [1.82, 2.24) is 15.5 Å². The minimum Gasteiger partial charge on any atom is -0.469 e. The van der Waals surface area contributed by atoms with Crippen LogP contribution in [0.2, 0.25) is 0 Å². The summed E-state index contributed by atoms with van der Waals surface area (Å²) in [5, 5.41) is 10.4. The monoisotopic (exact) mass is 289 g/mol. The van der Waals surface area contributed by atoms with Gasteiger partial charge in [0, 0.05) is 12.0 Å². The number of esters is 1. The number of nitrogens with zero attached hydrogens (tertiary/aromatic N) is 2. The Balaban J connectivity index is 1.83. The molecule has 0 saturated carbocycles. The van der Waals surface area contributed by atoms with Gasteiger partial charge in [-0.05, 0) is 12.1 Å². The van der Waals surface area contributed by atoms with Crippen molar-refractivity contribution in [3.63, 3.8) is 0 Å². The van der Waals surface area contributed by atoms with Crippen LogP contribution in [0.1, 0.15) is 18.7 Å². The molecule has 2 aromatic rings. The average Bonchev–Trinajstić information content (AvgIpc) is 3.00. The molecule has 0 bridgehead atoms. The fourth-order valence-electron chi connectivity index (χ4n) is 1.60. The lowest BCUT2D eigenvalue weighted by Crippen LogP contribution is -2.23. The first-order chi connectivity index (χ1) is 10.2. The zero-order chi connectivity index (χ0) is 15.1. The first-order valence-electron chi connectivity index (χ1n) is 6.40. The van der Waals surface area contributed by atoms with E-state index in [1.807, 2.05) is 30.3 Å². The van der Waals surface area contributed by atoms with Crippen LogP contribution in [0.5, 0.6) is 0 Å². The van der Waals surface area contributed by atoms with Crippen LogP contribution in [0.4, 0.5) is 0 Å². The molecule has 0 aliphatic carbocycles. The Morgan fingerprint density at radius 2 is 1.95 bits per heavy atom. The van der Waals surface area contributed by atoms with E-state index in [-0.39, 0.29) is 25.3 Å². The molecule has 0 saturated heterocycles. The van der Waals surface area contributed by atoms with E-state index in [1.165, 1.54) is 7.11 Å². The van der Waals surface area contributed by atoms with Crippen molar-refractivity contribution in [2.24, 2.45) is 0 Å². The third kappa shape index (κ3) is 4.41. The largest absolute Gasteiger partial charge is 0.469 e. The summed E-state index contributed by atoms with van der Waals surface area (Å²) >= 11 is 0. The molecular formula is C14H15N3O4. The van der Waals surface area contributed by atoms with Crippen molar-refractivity contribution in [2.45, 2.75) is 19.4 Å². The van der Waals surface area contributed by atoms with E-state index in [0.29, 0.717) is 11.8 Å². The highest BCUT2D eigenvalue weighted by Crippen LogP contribution is 2.16. The molecule has 0 aliphatic heterocycles. The Kier molecular flexibility index (Phi) is 5.03. The molecule has 110 valence electrons. The van der Waals surface area contributed by atoms with Crippen LogP contribution in [0.3, 0.4) is 0 Å². The Labute approximate surface area is 121 Å². The normalized spacial score (nSPS) is 10.1. The summed E-state index contributed by atoms with van der Waals surface area (Å²) in [4.78, 5) is 22.4. The van der Waals surface area contributed by atoms with E-state index >= 15 is 0 Å². The van der Waals surface area contributed by atoms with E-state index in [1.54, 1.807) is 0 Å². The maximum absolute atomic E-state index is 11.5. The quantitative estimate of drug-likeness (QED) is 0.806. The first kappa shape index (κ1) is 14.7. The lowest BCUT2D eigenvalue weighted by atomic mass is 10.2. The summed E-state index contributed by atoms with van der Waals surface area (Å²) in [5.74, 6) is 0.00356. The van der Waals surface area contributed by atoms with Gasteiger partial charge in [0.05, 0.1) is 20.1 Å². The van der Waals surface area contributed by atoms with Gasteiger partial charge in [0.2, 0.25) is 17.7 Å². The van der Waals surface area contributed by atoms with Gasteiger partial charge in [-0.2, -0.15) is 0 Å². The number of amides is 1. The predicted octanol–water partition coefficient (Wildman–Crippen LogP) is 1.31. The minimum atomic E-state index is -0.422. The summed E-state index contributed by atoms with van der Waals surface area (Å²) in [6.45, 7) is 0.125. The van der Waals surface area contributed by atoms with Gasteiger partial charge in [0.1, 0.15) is 0 Å². The second-order valence-corrected chi connectivity index (χ2v) is 4.22. The van der Waals surface area contributed by atoms with Crippen LogP contribution in [0, 0.1) is 0 Å². The Morgan fingerprint density at radius 3 is 2.67 bits per heavy atom. The zero-order valence-corrected chi connectivity index (χ0v) is 11.5. The van der Waals surface area contributed by atoms with Gasteiger partial charge in [-0.1, -0.05) is 18.2 Å². The van der Waals surface area contributed by atoms with Gasteiger partial charge < -0.3 is 14.5 Å². The number of aromatic nitrogens is 2. The Bertz CT molecular complexity index is 610. The molecule has 0 spiro atoms. The standard InChI is InChI=1S/C14H15N3O4/c1-20-13(19)8-7-11(18)15-9-12-16-17-14(21-12)10-5-3-2-4-6-10/h2-6H,7-9H2,1H3,(H,15,18). The van der Waals surface area contributed by atoms with Crippen LogP contribution < -0.4 is 5.32 Å². The molecule has 1 amide bonds. The summed E-state index contributed by atoms with van der Waals surface area (Å²) in [6.07, 6.45) is 0.105. The number of rotatable bonds is 6. The van der Waals surface area contributed by atoms with Gasteiger partial charge in [-0.25, -0.2) is 0 Å². The third-order valence-electron chi connectivity index (χ3n) is 2.71. The van der Waals surface area contributed by atoms with E-state index in [0.717, 1.165) is 5.56 Å². The molecule has 7 nitrogen and oxygen atoms in total. The van der Waals surface area contributed by atoms with Crippen molar-refractivity contribution >= 4 is 11.9 Å². The van der Waals surface area contributed by atoms with E-state index in [9.17, 15) is 9.59 Å². The van der Waals surface area contributed by atoms with Crippen molar-refractivity contribution in [3.05, 3.63) is 36.2 Å². The van der Waals surface area contributed by atoms with Crippen LogP contribution >= 0.6 is 0 Å². The van der Waals surface area contributed by atoms with Crippen molar-refractivity contribution in [3.8, 4) is 11.5 Å². The second-order valence-electron chi connectivity index (χ2n) is 4.22. The molecule has 0 aliphatic rings. The maximum atomic E-state index is 11.5. The summed E-state index contributed by atoms with van der Waals surface area (Å²) in [5.41, 5.74) is 0.813. The number of carbonyl (C=O) groups is 2. The molecule has 0 radical (unpaired) electrons. The minimum absolute atomic E-state index is 0.0431. The lowest BCUT2D eigenvalue weighted by Gasteiger charge is -2.01. The van der Waals surface area contributed by atoms with Crippen LogP contribution in [0.15, 0.2) is 34.7 Å². The first-order valence-corrected chi connectivity index (χ1v) is 6.40. The van der Waals surface area contributed by atoms with Gasteiger partial charge in [-0.15, -0.1) is 10.2 Å². The van der Waals surface area contributed by atoms with Gasteiger partial charge in [0.25, 0.3) is 0 Å². The molecule has 1 aromatic carbocycles. The van der Waals surface area contributed by atoms with Crippen molar-refractivity contribution in [1.29, 1.82) is 0 Å². The average molecular weight is 289 g/mol. The highest BCUT2D eigenvalue weighted by molar-refractivity contribution is 5.81. The molecule has 0 unspecified atom stereocenters. The molecule has 1 aromatic heterocycles. The van der Waals surface area contributed by atoms with Crippen LogP contribution in [0.25, 0.3) is 11.5 Å². The number of hydrogen-bond donors (Lipinski definition) is 1. The number of hydrogen-bond acceptors (Lipinski definition) is 6. The van der Waals surface area contributed by atoms with Crippen LogP contribution in [-0.2, 0) is 20.9 Å². The third-order valence-corrected chi connectivity index (χ3v) is 2.71. The number of nitrogens with one attached hydrogen (secondary N) is 1. The number of carbonyl (C=O) groups excluding carboxylic acids is 2. The maximum Gasteiger partial charge on any atom is 0.306 e. The number of methoxy groups -OCH3 is 1. The Hall–Kier alpha value is -2.70. The molecule has 0 atom stereocenters. The zero-order valence-electron chi connectivity index (χ0n) is 11.5. The Morgan fingerprint density at radius 1 is 1.19 bits per heavy atom. The molecule has 0 fully saturated rings. The summed E-state index contributed by atoms with van der Waals surface area (Å²) < 4.78 is 9.89. The molecule has 2 rings (SSSR count). The van der Waals surface area contributed by atoms with E-state index in [4.69, 9.17) is 4.42 Å². The summed E-state index contributed by atoms with van der Waals surface area (Å²) in [6, 6.07) is 9.34. The highest BCUT2D eigenvalue weighted by atomic mass is 16.5. The topological polar surface area (TPSA) is 94.3 Å². The number of benzene rings is 1. The van der Waals surface area contributed by atoms with Crippen LogP contribution in [-0.4, -0.2) is 29.2 Å². The van der Waals surface area contributed by atoms with Gasteiger partial charge >= 0.3 is 5.97 Å².